The number of amides is 1. The number of piperazine rings is 1. The monoisotopic (exact) mass is 317 g/mol. The van der Waals surface area contributed by atoms with Crippen molar-refractivity contribution >= 4 is 17.7 Å². The first-order valence-electron chi connectivity index (χ1n) is 8.25. The van der Waals surface area contributed by atoms with Crippen molar-refractivity contribution in [2.45, 2.75) is 44.6 Å². The molecule has 23 heavy (non-hydrogen) atoms. The van der Waals surface area contributed by atoms with Gasteiger partial charge in [0.15, 0.2) is 5.69 Å². The molecule has 124 valence electrons. The molecule has 0 aromatic carbocycles. The Morgan fingerprint density at radius 3 is 2.57 bits per heavy atom. The molecule has 1 N–H and O–H groups in total. The van der Waals surface area contributed by atoms with Gasteiger partial charge >= 0.3 is 5.97 Å². The van der Waals surface area contributed by atoms with Gasteiger partial charge in [-0.2, -0.15) is 0 Å². The van der Waals surface area contributed by atoms with E-state index in [-0.39, 0.29) is 17.1 Å². The molecule has 3 rings (SSSR count). The Bertz CT molecular complexity index is 611. The number of pyridine rings is 1. The number of carbonyl (C=O) groups is 2. The van der Waals surface area contributed by atoms with Gasteiger partial charge in [0.2, 0.25) is 5.91 Å². The minimum Gasteiger partial charge on any atom is -0.477 e. The Morgan fingerprint density at radius 1 is 1.17 bits per heavy atom. The van der Waals surface area contributed by atoms with E-state index in [4.69, 9.17) is 5.11 Å². The Morgan fingerprint density at radius 2 is 1.91 bits per heavy atom. The van der Waals surface area contributed by atoms with Crippen LogP contribution in [0.25, 0.3) is 0 Å². The second-order valence-electron chi connectivity index (χ2n) is 6.56. The highest BCUT2D eigenvalue weighted by atomic mass is 16.4. The molecule has 0 bridgehead atoms. The standard InChI is InChI=1S/C17H23N3O3/c1-13(21)20-11-10-19(12-17(20)8-3-2-4-9-17)15-7-5-6-14(18-15)16(22)23/h5-7H,2-4,8-12H2,1H3,(H,22,23). The first-order chi connectivity index (χ1) is 11.0. The number of rotatable bonds is 2. The molecule has 0 radical (unpaired) electrons. The molecule has 1 aromatic rings. The molecular weight excluding hydrogens is 294 g/mol. The van der Waals surface area contributed by atoms with Crippen LogP contribution in [-0.2, 0) is 4.79 Å². The number of hydrogen-bond donors (Lipinski definition) is 1. The molecule has 0 unspecified atom stereocenters. The Hall–Kier alpha value is -2.11. The summed E-state index contributed by atoms with van der Waals surface area (Å²) >= 11 is 0. The van der Waals surface area contributed by atoms with Crippen molar-refractivity contribution in [3.8, 4) is 0 Å². The lowest BCUT2D eigenvalue weighted by Crippen LogP contribution is -2.64. The van der Waals surface area contributed by atoms with Crippen molar-refractivity contribution in [2.75, 3.05) is 24.5 Å². The minimum atomic E-state index is -1.01. The van der Waals surface area contributed by atoms with Crippen molar-refractivity contribution in [3.05, 3.63) is 23.9 Å². The molecule has 2 aliphatic rings. The molecule has 1 aliphatic carbocycles. The van der Waals surface area contributed by atoms with Gasteiger partial charge in [0.1, 0.15) is 5.82 Å². The summed E-state index contributed by atoms with van der Waals surface area (Å²) in [4.78, 5) is 31.6. The molecule has 1 saturated heterocycles. The first-order valence-corrected chi connectivity index (χ1v) is 8.25. The van der Waals surface area contributed by atoms with Gasteiger partial charge < -0.3 is 14.9 Å². The Kier molecular flexibility index (Phi) is 4.24. The lowest BCUT2D eigenvalue weighted by atomic mass is 9.78. The van der Waals surface area contributed by atoms with Gasteiger partial charge in [0.05, 0.1) is 5.54 Å². The highest BCUT2D eigenvalue weighted by Crippen LogP contribution is 2.37. The highest BCUT2D eigenvalue weighted by Gasteiger charge is 2.43. The third-order valence-electron chi connectivity index (χ3n) is 5.09. The van der Waals surface area contributed by atoms with Crippen LogP contribution < -0.4 is 4.90 Å². The van der Waals surface area contributed by atoms with E-state index in [2.05, 4.69) is 9.88 Å². The smallest absolute Gasteiger partial charge is 0.354 e. The number of anilines is 1. The van der Waals surface area contributed by atoms with Gasteiger partial charge in [-0.15, -0.1) is 0 Å². The number of aromatic nitrogens is 1. The van der Waals surface area contributed by atoms with E-state index >= 15 is 0 Å². The number of hydrogen-bond acceptors (Lipinski definition) is 4. The van der Waals surface area contributed by atoms with E-state index in [1.807, 2.05) is 11.0 Å². The van der Waals surface area contributed by atoms with Crippen LogP contribution in [0.1, 0.15) is 49.5 Å². The lowest BCUT2D eigenvalue weighted by molar-refractivity contribution is -0.137. The van der Waals surface area contributed by atoms with Crippen LogP contribution in [0.4, 0.5) is 5.82 Å². The third-order valence-corrected chi connectivity index (χ3v) is 5.09. The predicted molar refractivity (Wildman–Crippen MR) is 86.6 cm³/mol. The van der Waals surface area contributed by atoms with Gasteiger partial charge in [0.25, 0.3) is 0 Å². The average Bonchev–Trinajstić information content (AvgIpc) is 2.55. The van der Waals surface area contributed by atoms with Gasteiger partial charge in [0, 0.05) is 26.6 Å². The second-order valence-corrected chi connectivity index (χ2v) is 6.56. The molecule has 1 aliphatic heterocycles. The van der Waals surface area contributed by atoms with Crippen LogP contribution in [0.15, 0.2) is 18.2 Å². The van der Waals surface area contributed by atoms with Crippen molar-refractivity contribution in [3.63, 3.8) is 0 Å². The molecule has 1 amide bonds. The van der Waals surface area contributed by atoms with Gasteiger partial charge in [-0.25, -0.2) is 9.78 Å². The predicted octanol–water partition coefficient (Wildman–Crippen LogP) is 2.15. The summed E-state index contributed by atoms with van der Waals surface area (Å²) in [6, 6.07) is 5.09. The van der Waals surface area contributed by atoms with Crippen LogP contribution >= 0.6 is 0 Å². The zero-order chi connectivity index (χ0) is 16.4. The molecule has 1 aromatic heterocycles. The topological polar surface area (TPSA) is 73.7 Å². The van der Waals surface area contributed by atoms with Gasteiger partial charge in [-0.05, 0) is 25.0 Å². The van der Waals surface area contributed by atoms with Crippen LogP contribution in [0, 0.1) is 0 Å². The summed E-state index contributed by atoms with van der Waals surface area (Å²) in [5.41, 5.74) is -0.0577. The average molecular weight is 317 g/mol. The summed E-state index contributed by atoms with van der Waals surface area (Å²) in [5, 5.41) is 9.13. The number of aromatic carboxylic acids is 1. The van der Waals surface area contributed by atoms with E-state index in [0.717, 1.165) is 32.2 Å². The number of nitrogens with zero attached hydrogens (tertiary/aromatic N) is 3. The fraction of sp³-hybridized carbons (Fsp3) is 0.588. The molecular formula is C17H23N3O3. The zero-order valence-corrected chi connectivity index (χ0v) is 13.5. The summed E-state index contributed by atoms with van der Waals surface area (Å²) < 4.78 is 0. The van der Waals surface area contributed by atoms with E-state index < -0.39 is 5.97 Å². The van der Waals surface area contributed by atoms with Gasteiger partial charge in [-0.1, -0.05) is 25.3 Å². The normalized spacial score (nSPS) is 20.6. The van der Waals surface area contributed by atoms with Crippen molar-refractivity contribution < 1.29 is 14.7 Å². The van der Waals surface area contributed by atoms with Crippen LogP contribution in [-0.4, -0.2) is 52.0 Å². The molecule has 6 nitrogen and oxygen atoms in total. The molecule has 1 spiro atoms. The number of carboxylic acid groups (broad SMARTS) is 1. The highest BCUT2D eigenvalue weighted by molar-refractivity contribution is 5.85. The van der Waals surface area contributed by atoms with E-state index in [1.165, 1.54) is 12.5 Å². The minimum absolute atomic E-state index is 0.0641. The lowest BCUT2D eigenvalue weighted by Gasteiger charge is -2.53. The Labute approximate surface area is 136 Å². The molecule has 0 atom stereocenters. The SMILES string of the molecule is CC(=O)N1CCN(c2cccc(C(=O)O)n2)CC12CCCCC2. The Balaban J connectivity index is 1.87. The fourth-order valence-electron chi connectivity index (χ4n) is 4.02. The van der Waals surface area contributed by atoms with Crippen LogP contribution in [0.2, 0.25) is 0 Å². The maximum atomic E-state index is 12.1. The maximum Gasteiger partial charge on any atom is 0.354 e. The van der Waals surface area contributed by atoms with Crippen molar-refractivity contribution in [2.24, 2.45) is 0 Å². The van der Waals surface area contributed by atoms with E-state index in [0.29, 0.717) is 18.9 Å². The molecule has 6 heteroatoms. The summed E-state index contributed by atoms with van der Waals surface area (Å²) in [5.74, 6) is -0.182. The number of carboxylic acids is 1. The molecule has 1 saturated carbocycles. The fourth-order valence-corrected chi connectivity index (χ4v) is 4.02. The van der Waals surface area contributed by atoms with Crippen molar-refractivity contribution in [1.82, 2.24) is 9.88 Å². The zero-order valence-electron chi connectivity index (χ0n) is 13.5. The van der Waals surface area contributed by atoms with E-state index in [9.17, 15) is 9.59 Å². The molecule has 2 heterocycles. The summed E-state index contributed by atoms with van der Waals surface area (Å²) in [6.07, 6.45) is 5.53. The number of carbonyl (C=O) groups excluding carboxylic acids is 1. The third kappa shape index (κ3) is 3.02. The van der Waals surface area contributed by atoms with Crippen molar-refractivity contribution in [1.29, 1.82) is 0 Å². The van der Waals surface area contributed by atoms with Crippen LogP contribution in [0.3, 0.4) is 0 Å². The summed E-state index contributed by atoms with van der Waals surface area (Å²) in [6.45, 7) is 3.75. The first kappa shape index (κ1) is 15.8. The summed E-state index contributed by atoms with van der Waals surface area (Å²) in [7, 11) is 0. The van der Waals surface area contributed by atoms with Gasteiger partial charge in [-0.3, -0.25) is 4.79 Å². The maximum absolute atomic E-state index is 12.1. The van der Waals surface area contributed by atoms with E-state index in [1.54, 1.807) is 13.0 Å². The van der Waals surface area contributed by atoms with Crippen LogP contribution in [0.5, 0.6) is 0 Å². The quantitative estimate of drug-likeness (QED) is 0.905. The largest absolute Gasteiger partial charge is 0.477 e. The molecule has 2 fully saturated rings. The second kappa shape index (κ2) is 6.18.